The van der Waals surface area contributed by atoms with Crippen LogP contribution in [-0.4, -0.2) is 14.6 Å². The first-order chi connectivity index (χ1) is 8.33. The Bertz CT molecular complexity index is 643. The Morgan fingerprint density at radius 2 is 1.94 bits per heavy atom. The van der Waals surface area contributed by atoms with Crippen LogP contribution >= 0.6 is 0 Å². The first kappa shape index (κ1) is 9.84. The number of aryl methyl sites for hydroxylation is 1. The van der Waals surface area contributed by atoms with E-state index in [0.717, 1.165) is 22.8 Å². The van der Waals surface area contributed by atoms with Crippen molar-refractivity contribution >= 4 is 17.2 Å². The third kappa shape index (κ3) is 1.85. The maximum Gasteiger partial charge on any atom is 0.157 e. The predicted molar refractivity (Wildman–Crippen MR) is 67.4 cm³/mol. The largest absolute Gasteiger partial charge is 0.340 e. The molecule has 0 fully saturated rings. The number of hydrogen-bond donors (Lipinski definition) is 1. The molecule has 0 bridgehead atoms. The summed E-state index contributed by atoms with van der Waals surface area (Å²) in [6.45, 7) is 1.98. The summed E-state index contributed by atoms with van der Waals surface area (Å²) >= 11 is 0. The van der Waals surface area contributed by atoms with Crippen LogP contribution in [0.5, 0.6) is 0 Å². The Labute approximate surface area is 98.9 Å². The van der Waals surface area contributed by atoms with Gasteiger partial charge in [-0.3, -0.25) is 0 Å². The van der Waals surface area contributed by atoms with E-state index in [-0.39, 0.29) is 0 Å². The third-order valence-electron chi connectivity index (χ3n) is 2.53. The minimum absolute atomic E-state index is 0.850. The highest BCUT2D eigenvalue weighted by atomic mass is 15.3. The Kier molecular flexibility index (Phi) is 2.26. The number of para-hydroxylation sites is 1. The van der Waals surface area contributed by atoms with Crippen LogP contribution in [0.15, 0.2) is 48.7 Å². The van der Waals surface area contributed by atoms with Crippen LogP contribution in [0.4, 0.5) is 11.5 Å². The van der Waals surface area contributed by atoms with Gasteiger partial charge in [0, 0.05) is 23.5 Å². The molecule has 0 saturated carbocycles. The molecule has 0 radical (unpaired) electrons. The van der Waals surface area contributed by atoms with Gasteiger partial charge >= 0.3 is 0 Å². The summed E-state index contributed by atoms with van der Waals surface area (Å²) in [5.41, 5.74) is 2.86. The van der Waals surface area contributed by atoms with Crippen LogP contribution in [0.1, 0.15) is 5.69 Å². The van der Waals surface area contributed by atoms with Gasteiger partial charge in [-0.25, -0.2) is 4.98 Å². The van der Waals surface area contributed by atoms with E-state index in [1.54, 1.807) is 10.7 Å². The zero-order chi connectivity index (χ0) is 11.7. The molecule has 0 aliphatic heterocycles. The van der Waals surface area contributed by atoms with Gasteiger partial charge in [0.05, 0.1) is 6.20 Å². The molecule has 84 valence electrons. The van der Waals surface area contributed by atoms with Gasteiger partial charge in [0.1, 0.15) is 5.82 Å². The van der Waals surface area contributed by atoms with Crippen LogP contribution in [0.25, 0.3) is 5.65 Å². The van der Waals surface area contributed by atoms with Gasteiger partial charge < -0.3 is 5.32 Å². The van der Waals surface area contributed by atoms with Crippen molar-refractivity contribution in [3.05, 3.63) is 54.4 Å². The second-order valence-corrected chi connectivity index (χ2v) is 3.87. The number of aromatic nitrogens is 3. The zero-order valence-corrected chi connectivity index (χ0v) is 9.46. The SMILES string of the molecule is Cc1cc(Nc2ccccc2)n2nccc2n1. The van der Waals surface area contributed by atoms with Crippen molar-refractivity contribution in [2.45, 2.75) is 6.92 Å². The van der Waals surface area contributed by atoms with Gasteiger partial charge in [-0.15, -0.1) is 0 Å². The van der Waals surface area contributed by atoms with E-state index >= 15 is 0 Å². The number of fused-ring (bicyclic) bond motifs is 1. The molecule has 0 atom stereocenters. The van der Waals surface area contributed by atoms with Crippen molar-refractivity contribution in [2.75, 3.05) is 5.32 Å². The highest BCUT2D eigenvalue weighted by molar-refractivity contribution is 5.59. The van der Waals surface area contributed by atoms with Gasteiger partial charge in [-0.05, 0) is 19.1 Å². The minimum atomic E-state index is 0.850. The first-order valence-electron chi connectivity index (χ1n) is 5.46. The zero-order valence-electron chi connectivity index (χ0n) is 9.46. The summed E-state index contributed by atoms with van der Waals surface area (Å²) < 4.78 is 1.79. The van der Waals surface area contributed by atoms with E-state index in [1.165, 1.54) is 0 Å². The van der Waals surface area contributed by atoms with Crippen LogP contribution in [0.3, 0.4) is 0 Å². The second-order valence-electron chi connectivity index (χ2n) is 3.87. The summed E-state index contributed by atoms with van der Waals surface area (Å²) in [6.07, 6.45) is 1.75. The molecule has 17 heavy (non-hydrogen) atoms. The summed E-state index contributed by atoms with van der Waals surface area (Å²) in [4.78, 5) is 4.40. The summed E-state index contributed by atoms with van der Waals surface area (Å²) in [6, 6.07) is 13.9. The standard InChI is InChI=1S/C13H12N4/c1-10-9-13(16-11-5-3-2-4-6-11)17-12(15-10)7-8-14-17/h2-9,16H,1H3. The van der Waals surface area contributed by atoms with Crippen molar-refractivity contribution in [3.8, 4) is 0 Å². The van der Waals surface area contributed by atoms with Gasteiger partial charge in [-0.2, -0.15) is 9.61 Å². The second kappa shape index (κ2) is 3.90. The van der Waals surface area contributed by atoms with Gasteiger partial charge in [-0.1, -0.05) is 18.2 Å². The predicted octanol–water partition coefficient (Wildman–Crippen LogP) is 2.78. The molecule has 0 aliphatic carbocycles. The van der Waals surface area contributed by atoms with Crippen LogP contribution < -0.4 is 5.32 Å². The lowest BCUT2D eigenvalue weighted by Gasteiger charge is -2.08. The molecule has 2 heterocycles. The monoisotopic (exact) mass is 224 g/mol. The van der Waals surface area contributed by atoms with Gasteiger partial charge in [0.15, 0.2) is 5.65 Å². The third-order valence-corrected chi connectivity index (χ3v) is 2.53. The minimum Gasteiger partial charge on any atom is -0.340 e. The average Bonchev–Trinajstić information content (AvgIpc) is 2.78. The van der Waals surface area contributed by atoms with Crippen molar-refractivity contribution in [2.24, 2.45) is 0 Å². The maximum atomic E-state index is 4.40. The highest BCUT2D eigenvalue weighted by Gasteiger charge is 2.03. The van der Waals surface area contributed by atoms with E-state index in [4.69, 9.17) is 0 Å². The Morgan fingerprint density at radius 1 is 1.12 bits per heavy atom. The molecule has 0 spiro atoms. The van der Waals surface area contributed by atoms with E-state index in [2.05, 4.69) is 15.4 Å². The Balaban J connectivity index is 2.08. The molecule has 0 amide bonds. The number of anilines is 2. The molecule has 0 unspecified atom stereocenters. The normalized spacial score (nSPS) is 10.6. The quantitative estimate of drug-likeness (QED) is 0.727. The Morgan fingerprint density at radius 3 is 2.76 bits per heavy atom. The summed E-state index contributed by atoms with van der Waals surface area (Å²) in [7, 11) is 0. The fourth-order valence-electron chi connectivity index (χ4n) is 1.80. The highest BCUT2D eigenvalue weighted by Crippen LogP contribution is 2.17. The molecule has 4 heteroatoms. The summed E-state index contributed by atoms with van der Waals surface area (Å²) in [5, 5.41) is 7.58. The number of hydrogen-bond acceptors (Lipinski definition) is 3. The lowest BCUT2D eigenvalue weighted by Crippen LogP contribution is -2.01. The fraction of sp³-hybridized carbons (Fsp3) is 0.0769. The van der Waals surface area contributed by atoms with Gasteiger partial charge in [0.25, 0.3) is 0 Å². The lowest BCUT2D eigenvalue weighted by atomic mass is 10.3. The van der Waals surface area contributed by atoms with Crippen molar-refractivity contribution in [1.29, 1.82) is 0 Å². The van der Waals surface area contributed by atoms with Crippen LogP contribution in [0.2, 0.25) is 0 Å². The summed E-state index contributed by atoms with van der Waals surface area (Å²) in [5.74, 6) is 0.920. The maximum absolute atomic E-state index is 4.40. The number of nitrogens with zero attached hydrogens (tertiary/aromatic N) is 3. The average molecular weight is 224 g/mol. The molecule has 3 aromatic rings. The lowest BCUT2D eigenvalue weighted by molar-refractivity contribution is 0.938. The number of benzene rings is 1. The smallest absolute Gasteiger partial charge is 0.157 e. The molecule has 0 saturated heterocycles. The van der Waals surface area contributed by atoms with E-state index in [9.17, 15) is 0 Å². The molecule has 4 nitrogen and oxygen atoms in total. The first-order valence-corrected chi connectivity index (χ1v) is 5.46. The van der Waals surface area contributed by atoms with E-state index in [0.29, 0.717) is 0 Å². The van der Waals surface area contributed by atoms with Crippen LogP contribution in [0, 0.1) is 6.92 Å². The van der Waals surface area contributed by atoms with Crippen molar-refractivity contribution in [3.63, 3.8) is 0 Å². The van der Waals surface area contributed by atoms with E-state index in [1.807, 2.05) is 49.4 Å². The van der Waals surface area contributed by atoms with Crippen molar-refractivity contribution in [1.82, 2.24) is 14.6 Å². The number of nitrogens with one attached hydrogen (secondary N) is 1. The van der Waals surface area contributed by atoms with Crippen LogP contribution in [-0.2, 0) is 0 Å². The Hall–Kier alpha value is -2.36. The van der Waals surface area contributed by atoms with Crippen molar-refractivity contribution < 1.29 is 0 Å². The fourth-order valence-corrected chi connectivity index (χ4v) is 1.80. The molecule has 2 aromatic heterocycles. The molecular formula is C13H12N4. The molecule has 1 aromatic carbocycles. The topological polar surface area (TPSA) is 42.2 Å². The van der Waals surface area contributed by atoms with E-state index < -0.39 is 0 Å². The molecule has 1 N–H and O–H groups in total. The molecule has 3 rings (SSSR count). The number of rotatable bonds is 2. The molecular weight excluding hydrogens is 212 g/mol. The molecule has 0 aliphatic rings. The van der Waals surface area contributed by atoms with Gasteiger partial charge in [0.2, 0.25) is 0 Å².